The molecule has 0 saturated heterocycles. The first kappa shape index (κ1) is 18.3. The molecular formula is C19H36N2. The standard InChI is InChI=1S/C19H36N2/c1-4-5-6-7-8-9-10-11-12-13-14-15-16-21-19(3)17-18(2)20-21/h17H,4-16H2,1-3H3. The van der Waals surface area contributed by atoms with Crippen LogP contribution in [0.15, 0.2) is 6.07 Å². The molecule has 1 aromatic rings. The third kappa shape index (κ3) is 8.95. The van der Waals surface area contributed by atoms with Crippen molar-refractivity contribution < 1.29 is 0 Å². The minimum Gasteiger partial charge on any atom is -0.270 e. The minimum absolute atomic E-state index is 1.09. The van der Waals surface area contributed by atoms with Gasteiger partial charge in [0.05, 0.1) is 5.69 Å². The zero-order valence-corrected chi connectivity index (χ0v) is 14.7. The lowest BCUT2D eigenvalue weighted by Gasteiger charge is -2.05. The highest BCUT2D eigenvalue weighted by molar-refractivity contribution is 5.06. The molecule has 0 radical (unpaired) electrons. The van der Waals surface area contributed by atoms with Gasteiger partial charge in [-0.2, -0.15) is 5.10 Å². The molecule has 0 aliphatic carbocycles. The van der Waals surface area contributed by atoms with E-state index in [1.54, 1.807) is 0 Å². The van der Waals surface area contributed by atoms with Crippen molar-refractivity contribution in [3.05, 3.63) is 17.5 Å². The van der Waals surface area contributed by atoms with Gasteiger partial charge in [0.25, 0.3) is 0 Å². The van der Waals surface area contributed by atoms with Gasteiger partial charge in [0.1, 0.15) is 0 Å². The molecule has 0 fully saturated rings. The normalized spacial score (nSPS) is 11.2. The van der Waals surface area contributed by atoms with Crippen molar-refractivity contribution >= 4 is 0 Å². The monoisotopic (exact) mass is 292 g/mol. The number of nitrogens with zero attached hydrogens (tertiary/aromatic N) is 2. The van der Waals surface area contributed by atoms with Crippen molar-refractivity contribution in [2.24, 2.45) is 0 Å². The summed E-state index contributed by atoms with van der Waals surface area (Å²) in [5.41, 5.74) is 2.45. The zero-order valence-electron chi connectivity index (χ0n) is 14.7. The van der Waals surface area contributed by atoms with E-state index in [1.807, 2.05) is 0 Å². The summed E-state index contributed by atoms with van der Waals surface area (Å²) >= 11 is 0. The van der Waals surface area contributed by atoms with E-state index in [0.717, 1.165) is 12.2 Å². The molecule has 122 valence electrons. The minimum atomic E-state index is 1.09. The van der Waals surface area contributed by atoms with Crippen LogP contribution in [0.25, 0.3) is 0 Å². The molecule has 0 bridgehead atoms. The fraction of sp³-hybridized carbons (Fsp3) is 0.842. The molecule has 0 unspecified atom stereocenters. The van der Waals surface area contributed by atoms with Crippen molar-refractivity contribution in [2.45, 2.75) is 104 Å². The quantitative estimate of drug-likeness (QED) is 0.396. The summed E-state index contributed by atoms with van der Waals surface area (Å²) in [4.78, 5) is 0. The van der Waals surface area contributed by atoms with E-state index in [1.165, 1.54) is 82.7 Å². The maximum Gasteiger partial charge on any atom is 0.0596 e. The van der Waals surface area contributed by atoms with E-state index in [9.17, 15) is 0 Å². The van der Waals surface area contributed by atoms with Crippen molar-refractivity contribution in [2.75, 3.05) is 0 Å². The van der Waals surface area contributed by atoms with Crippen molar-refractivity contribution in [3.8, 4) is 0 Å². The van der Waals surface area contributed by atoms with E-state index < -0.39 is 0 Å². The number of aryl methyl sites for hydroxylation is 3. The van der Waals surface area contributed by atoms with E-state index >= 15 is 0 Å². The molecule has 0 aliphatic heterocycles. The third-order valence-electron chi connectivity index (χ3n) is 4.33. The van der Waals surface area contributed by atoms with Crippen LogP contribution in [0.1, 0.15) is 95.4 Å². The summed E-state index contributed by atoms with van der Waals surface area (Å²) in [6.45, 7) is 7.61. The summed E-state index contributed by atoms with van der Waals surface area (Å²) in [6.07, 6.45) is 16.9. The first-order valence-electron chi connectivity index (χ1n) is 9.25. The van der Waals surface area contributed by atoms with Gasteiger partial charge < -0.3 is 0 Å². The molecular weight excluding hydrogens is 256 g/mol. The molecule has 0 atom stereocenters. The summed E-state index contributed by atoms with van der Waals surface area (Å²) in [7, 11) is 0. The van der Waals surface area contributed by atoms with Gasteiger partial charge in [-0.05, 0) is 26.3 Å². The van der Waals surface area contributed by atoms with E-state index in [-0.39, 0.29) is 0 Å². The SMILES string of the molecule is CCCCCCCCCCCCCCn1nc(C)cc1C. The molecule has 0 aliphatic rings. The van der Waals surface area contributed by atoms with Gasteiger partial charge >= 0.3 is 0 Å². The second-order valence-electron chi connectivity index (χ2n) is 6.54. The predicted octanol–water partition coefficient (Wildman–Crippen LogP) is 6.20. The number of hydrogen-bond donors (Lipinski definition) is 0. The molecule has 1 aromatic heterocycles. The van der Waals surface area contributed by atoms with Gasteiger partial charge in [-0.15, -0.1) is 0 Å². The highest BCUT2D eigenvalue weighted by Crippen LogP contribution is 2.12. The lowest BCUT2D eigenvalue weighted by molar-refractivity contribution is 0.506. The zero-order chi connectivity index (χ0) is 15.3. The van der Waals surface area contributed by atoms with Gasteiger partial charge in [-0.3, -0.25) is 4.68 Å². The summed E-state index contributed by atoms with van der Waals surface area (Å²) < 4.78 is 2.16. The van der Waals surface area contributed by atoms with E-state index in [0.29, 0.717) is 0 Å². The summed E-state index contributed by atoms with van der Waals surface area (Å²) in [5.74, 6) is 0. The third-order valence-corrected chi connectivity index (χ3v) is 4.33. The molecule has 0 N–H and O–H groups in total. The van der Waals surface area contributed by atoms with Crippen LogP contribution in [0, 0.1) is 13.8 Å². The second-order valence-corrected chi connectivity index (χ2v) is 6.54. The molecule has 1 rings (SSSR count). The maximum atomic E-state index is 4.52. The van der Waals surface area contributed by atoms with Crippen molar-refractivity contribution in [1.29, 1.82) is 0 Å². The lowest BCUT2D eigenvalue weighted by Crippen LogP contribution is -2.02. The van der Waals surface area contributed by atoms with Crippen LogP contribution in [-0.2, 0) is 6.54 Å². The molecule has 0 aromatic carbocycles. The smallest absolute Gasteiger partial charge is 0.0596 e. The fourth-order valence-corrected chi connectivity index (χ4v) is 3.00. The molecule has 0 saturated carbocycles. The van der Waals surface area contributed by atoms with Crippen molar-refractivity contribution in [3.63, 3.8) is 0 Å². The second kappa shape index (κ2) is 11.8. The van der Waals surface area contributed by atoms with Crippen LogP contribution in [0.4, 0.5) is 0 Å². The van der Waals surface area contributed by atoms with Crippen LogP contribution in [0.5, 0.6) is 0 Å². The molecule has 0 amide bonds. The van der Waals surface area contributed by atoms with E-state index in [4.69, 9.17) is 0 Å². The number of aromatic nitrogens is 2. The average molecular weight is 293 g/mol. The van der Waals surface area contributed by atoms with E-state index in [2.05, 4.69) is 36.6 Å². The Bertz CT molecular complexity index is 354. The Morgan fingerprint density at radius 1 is 0.762 bits per heavy atom. The first-order valence-corrected chi connectivity index (χ1v) is 9.25. The Kier molecular flexibility index (Phi) is 10.3. The Morgan fingerprint density at radius 2 is 1.24 bits per heavy atom. The number of hydrogen-bond acceptors (Lipinski definition) is 1. The highest BCUT2D eigenvalue weighted by atomic mass is 15.3. The first-order chi connectivity index (χ1) is 10.2. The largest absolute Gasteiger partial charge is 0.270 e. The van der Waals surface area contributed by atoms with Gasteiger partial charge in [-0.25, -0.2) is 0 Å². The number of rotatable bonds is 13. The van der Waals surface area contributed by atoms with Gasteiger partial charge in [0.2, 0.25) is 0 Å². The summed E-state index contributed by atoms with van der Waals surface area (Å²) in [6, 6.07) is 2.17. The van der Waals surface area contributed by atoms with Gasteiger partial charge in [-0.1, -0.05) is 77.6 Å². The van der Waals surface area contributed by atoms with Gasteiger partial charge in [0.15, 0.2) is 0 Å². The molecule has 2 nitrogen and oxygen atoms in total. The fourth-order valence-electron chi connectivity index (χ4n) is 3.00. The van der Waals surface area contributed by atoms with Crippen LogP contribution in [-0.4, -0.2) is 9.78 Å². The highest BCUT2D eigenvalue weighted by Gasteiger charge is 2.00. The van der Waals surface area contributed by atoms with Gasteiger partial charge in [0, 0.05) is 12.2 Å². The van der Waals surface area contributed by atoms with Crippen LogP contribution < -0.4 is 0 Å². The molecule has 21 heavy (non-hydrogen) atoms. The Morgan fingerprint density at radius 3 is 1.67 bits per heavy atom. The molecule has 2 heteroatoms. The molecule has 0 spiro atoms. The Balaban J connectivity index is 1.84. The van der Waals surface area contributed by atoms with Crippen LogP contribution in [0.2, 0.25) is 0 Å². The summed E-state index contributed by atoms with van der Waals surface area (Å²) in [5, 5.41) is 4.52. The Hall–Kier alpha value is -0.790. The lowest BCUT2D eigenvalue weighted by atomic mass is 10.1. The number of unbranched alkanes of at least 4 members (excludes halogenated alkanes) is 11. The topological polar surface area (TPSA) is 17.8 Å². The van der Waals surface area contributed by atoms with Crippen LogP contribution >= 0.6 is 0 Å². The Labute approximate surface area is 132 Å². The van der Waals surface area contributed by atoms with Crippen molar-refractivity contribution in [1.82, 2.24) is 9.78 Å². The predicted molar refractivity (Wildman–Crippen MR) is 92.8 cm³/mol. The van der Waals surface area contributed by atoms with Crippen LogP contribution in [0.3, 0.4) is 0 Å². The average Bonchev–Trinajstić information content (AvgIpc) is 2.78. The molecule has 1 heterocycles. The maximum absolute atomic E-state index is 4.52.